The Balaban J connectivity index is 1.59. The van der Waals surface area contributed by atoms with E-state index >= 15 is 0 Å². The van der Waals surface area contributed by atoms with E-state index in [0.717, 1.165) is 11.3 Å². The molecule has 1 N–H and O–H groups in total. The topological polar surface area (TPSA) is 75.0 Å². The largest absolute Gasteiger partial charge is 0.484 e. The van der Waals surface area contributed by atoms with E-state index in [1.165, 1.54) is 11.3 Å². The molecule has 0 aliphatic rings. The van der Waals surface area contributed by atoms with Gasteiger partial charge in [-0.15, -0.1) is 11.3 Å². The lowest BCUT2D eigenvalue weighted by Crippen LogP contribution is -2.19. The van der Waals surface area contributed by atoms with Crippen molar-refractivity contribution in [2.75, 3.05) is 11.9 Å². The Morgan fingerprint density at radius 1 is 1.17 bits per heavy atom. The van der Waals surface area contributed by atoms with Gasteiger partial charge in [-0.25, -0.2) is 4.98 Å². The number of amides is 1. The molecule has 1 heterocycles. The quantitative estimate of drug-likeness (QED) is 0.771. The second-order valence-corrected chi connectivity index (χ2v) is 5.74. The number of carbonyl (C=O) groups excluding carboxylic acids is 1. The van der Waals surface area contributed by atoms with Gasteiger partial charge in [-0.1, -0.05) is 30.3 Å². The molecule has 3 aromatic rings. The van der Waals surface area contributed by atoms with Gasteiger partial charge in [0.2, 0.25) is 0 Å². The molecule has 1 amide bonds. The van der Waals surface area contributed by atoms with Gasteiger partial charge in [0.1, 0.15) is 5.75 Å². The van der Waals surface area contributed by atoms with Gasteiger partial charge in [-0.3, -0.25) is 10.1 Å². The second kappa shape index (κ2) is 7.40. The van der Waals surface area contributed by atoms with E-state index in [4.69, 9.17) is 10.00 Å². The number of nitrogens with zero attached hydrogens (tertiary/aromatic N) is 2. The summed E-state index contributed by atoms with van der Waals surface area (Å²) in [6.45, 7) is -0.0736. The van der Waals surface area contributed by atoms with E-state index in [1.807, 2.05) is 35.7 Å². The van der Waals surface area contributed by atoms with E-state index < -0.39 is 0 Å². The molecule has 0 bridgehead atoms. The van der Waals surface area contributed by atoms with Crippen LogP contribution < -0.4 is 10.1 Å². The molecule has 0 saturated heterocycles. The molecule has 24 heavy (non-hydrogen) atoms. The summed E-state index contributed by atoms with van der Waals surface area (Å²) in [4.78, 5) is 16.3. The minimum Gasteiger partial charge on any atom is -0.484 e. The number of aromatic nitrogens is 1. The number of ether oxygens (including phenoxy) is 1. The molecule has 6 heteroatoms. The molecule has 3 rings (SSSR count). The van der Waals surface area contributed by atoms with Gasteiger partial charge in [0, 0.05) is 10.9 Å². The van der Waals surface area contributed by atoms with E-state index in [-0.39, 0.29) is 12.5 Å². The highest BCUT2D eigenvalue weighted by Gasteiger charge is 2.09. The van der Waals surface area contributed by atoms with E-state index in [2.05, 4.69) is 16.4 Å². The van der Waals surface area contributed by atoms with Crippen LogP contribution in [0.1, 0.15) is 5.56 Å². The number of hydrogen-bond donors (Lipinski definition) is 1. The molecule has 0 radical (unpaired) electrons. The van der Waals surface area contributed by atoms with E-state index in [0.29, 0.717) is 16.4 Å². The van der Waals surface area contributed by atoms with Crippen LogP contribution in [0.15, 0.2) is 60.0 Å². The molecule has 2 aromatic carbocycles. The van der Waals surface area contributed by atoms with Crippen LogP contribution in [0.25, 0.3) is 11.3 Å². The maximum Gasteiger partial charge on any atom is 0.264 e. The van der Waals surface area contributed by atoms with Gasteiger partial charge in [0.15, 0.2) is 11.7 Å². The van der Waals surface area contributed by atoms with Crippen LogP contribution in [0, 0.1) is 11.3 Å². The predicted octanol–water partition coefficient (Wildman–Crippen LogP) is 3.70. The molecule has 5 nitrogen and oxygen atoms in total. The Morgan fingerprint density at radius 3 is 2.62 bits per heavy atom. The molecular weight excluding hydrogens is 322 g/mol. The number of nitrogens with one attached hydrogen (secondary N) is 1. The van der Waals surface area contributed by atoms with Gasteiger partial charge in [0.25, 0.3) is 5.91 Å². The Hall–Kier alpha value is -3.17. The molecule has 0 fully saturated rings. The Morgan fingerprint density at radius 2 is 1.92 bits per heavy atom. The summed E-state index contributed by atoms with van der Waals surface area (Å²) in [5.74, 6) is 0.379. The highest BCUT2D eigenvalue weighted by atomic mass is 32.1. The van der Waals surface area contributed by atoms with Crippen LogP contribution in [0.2, 0.25) is 0 Å². The molecule has 0 unspecified atom stereocenters. The number of rotatable bonds is 5. The summed E-state index contributed by atoms with van der Waals surface area (Å²) in [5, 5.41) is 13.9. The fourth-order valence-electron chi connectivity index (χ4n) is 2.00. The number of thiazole rings is 1. The van der Waals surface area contributed by atoms with Gasteiger partial charge >= 0.3 is 0 Å². The zero-order valence-electron chi connectivity index (χ0n) is 12.6. The number of hydrogen-bond acceptors (Lipinski definition) is 5. The Labute approximate surface area is 143 Å². The van der Waals surface area contributed by atoms with Crippen molar-refractivity contribution in [2.45, 2.75) is 0 Å². The van der Waals surface area contributed by atoms with Crippen LogP contribution >= 0.6 is 11.3 Å². The van der Waals surface area contributed by atoms with Crippen LogP contribution in [0.4, 0.5) is 5.13 Å². The standard InChI is InChI=1S/C18H13N3O2S/c19-10-13-6-8-14(9-7-13)16-12-24-18(20-16)21-17(22)11-23-15-4-2-1-3-5-15/h1-9,12H,11H2,(H,20,21,22). The molecule has 0 aliphatic carbocycles. The minimum absolute atomic E-state index is 0.0736. The fourth-order valence-corrected chi connectivity index (χ4v) is 2.74. The summed E-state index contributed by atoms with van der Waals surface area (Å²) >= 11 is 1.34. The maximum atomic E-state index is 11.9. The molecule has 0 atom stereocenters. The maximum absolute atomic E-state index is 11.9. The Kier molecular flexibility index (Phi) is 4.84. The average Bonchev–Trinajstić information content (AvgIpc) is 3.09. The summed E-state index contributed by atoms with van der Waals surface area (Å²) < 4.78 is 5.39. The lowest BCUT2D eigenvalue weighted by atomic mass is 10.1. The normalized spacial score (nSPS) is 9.96. The average molecular weight is 335 g/mol. The van der Waals surface area contributed by atoms with Crippen molar-refractivity contribution < 1.29 is 9.53 Å². The van der Waals surface area contributed by atoms with Crippen molar-refractivity contribution in [1.29, 1.82) is 5.26 Å². The number of benzene rings is 2. The van der Waals surface area contributed by atoms with Crippen LogP contribution in [-0.4, -0.2) is 17.5 Å². The summed E-state index contributed by atoms with van der Waals surface area (Å²) in [5.41, 5.74) is 2.25. The van der Waals surface area contributed by atoms with E-state index in [9.17, 15) is 4.79 Å². The SMILES string of the molecule is N#Cc1ccc(-c2csc(NC(=O)COc3ccccc3)n2)cc1. The molecule has 0 spiro atoms. The molecule has 118 valence electrons. The lowest BCUT2D eigenvalue weighted by Gasteiger charge is -2.05. The Bertz CT molecular complexity index is 867. The third-order valence-corrected chi connectivity index (χ3v) is 3.93. The first-order valence-electron chi connectivity index (χ1n) is 7.18. The van der Waals surface area contributed by atoms with Gasteiger partial charge < -0.3 is 4.74 Å². The third-order valence-electron chi connectivity index (χ3n) is 3.17. The zero-order chi connectivity index (χ0) is 16.8. The highest BCUT2D eigenvalue weighted by molar-refractivity contribution is 7.14. The van der Waals surface area contributed by atoms with Crippen molar-refractivity contribution in [2.24, 2.45) is 0 Å². The zero-order valence-corrected chi connectivity index (χ0v) is 13.4. The monoisotopic (exact) mass is 335 g/mol. The second-order valence-electron chi connectivity index (χ2n) is 4.88. The van der Waals surface area contributed by atoms with Crippen molar-refractivity contribution >= 4 is 22.4 Å². The van der Waals surface area contributed by atoms with Crippen LogP contribution in [0.5, 0.6) is 5.75 Å². The van der Waals surface area contributed by atoms with Gasteiger partial charge in [0.05, 0.1) is 17.3 Å². The minimum atomic E-state index is -0.264. The number of para-hydroxylation sites is 1. The highest BCUT2D eigenvalue weighted by Crippen LogP contribution is 2.25. The summed E-state index contributed by atoms with van der Waals surface area (Å²) in [6.07, 6.45) is 0. The first-order valence-corrected chi connectivity index (χ1v) is 8.06. The van der Waals surface area contributed by atoms with Crippen molar-refractivity contribution in [3.63, 3.8) is 0 Å². The first kappa shape index (κ1) is 15.7. The first-order chi connectivity index (χ1) is 11.7. The summed E-state index contributed by atoms with van der Waals surface area (Å²) in [6, 6.07) is 18.4. The van der Waals surface area contributed by atoms with Gasteiger partial charge in [-0.05, 0) is 24.3 Å². The molecule has 0 saturated carbocycles. The molecule has 0 aliphatic heterocycles. The van der Waals surface area contributed by atoms with Crippen molar-refractivity contribution in [1.82, 2.24) is 4.98 Å². The van der Waals surface area contributed by atoms with E-state index in [1.54, 1.807) is 24.3 Å². The fraction of sp³-hybridized carbons (Fsp3) is 0.0556. The number of nitriles is 1. The van der Waals surface area contributed by atoms with Crippen LogP contribution in [0.3, 0.4) is 0 Å². The predicted molar refractivity (Wildman–Crippen MR) is 92.8 cm³/mol. The molecule has 1 aromatic heterocycles. The molecular formula is C18H13N3O2S. The van der Waals surface area contributed by atoms with Crippen molar-refractivity contribution in [3.8, 4) is 23.1 Å². The number of carbonyl (C=O) groups is 1. The van der Waals surface area contributed by atoms with Crippen molar-refractivity contribution in [3.05, 3.63) is 65.5 Å². The smallest absolute Gasteiger partial charge is 0.264 e. The number of anilines is 1. The third kappa shape index (κ3) is 3.97. The summed E-state index contributed by atoms with van der Waals surface area (Å²) in [7, 11) is 0. The van der Waals surface area contributed by atoms with Crippen LogP contribution in [-0.2, 0) is 4.79 Å². The lowest BCUT2D eigenvalue weighted by molar-refractivity contribution is -0.118. The van der Waals surface area contributed by atoms with Gasteiger partial charge in [-0.2, -0.15) is 5.26 Å².